The molecule has 3 amide bonds. The molecule has 8 heteroatoms. The number of ether oxygens (including phenoxy) is 2. The van der Waals surface area contributed by atoms with Crippen molar-refractivity contribution in [2.45, 2.75) is 45.9 Å². The molecule has 8 nitrogen and oxygen atoms in total. The molecule has 0 aliphatic heterocycles. The highest BCUT2D eigenvalue weighted by molar-refractivity contribution is 6.00. The zero-order valence-electron chi connectivity index (χ0n) is 16.0. The molecule has 1 aromatic heterocycles. The molecule has 1 atom stereocenters. The highest BCUT2D eigenvalue weighted by Gasteiger charge is 2.27. The molecule has 0 aliphatic carbocycles. The van der Waals surface area contributed by atoms with E-state index in [1.807, 2.05) is 6.07 Å². The SMILES string of the molecule is COCc1c(C(=O)OC(C)C(=O)NC(=O)NC(C)(C)C)oc2ccccc12. The standard InChI is InChI=1S/C19H24N2O6/c1-11(16(22)20-18(24)21-19(2,3)4)26-17(23)15-13(10-25-5)12-8-6-7-9-14(12)27-15/h6-9,11H,10H2,1-5H3,(H2,20,21,22,24). The van der Waals surface area contributed by atoms with E-state index in [1.54, 1.807) is 39.0 Å². The lowest BCUT2D eigenvalue weighted by atomic mass is 10.1. The highest BCUT2D eigenvalue weighted by Crippen LogP contribution is 2.27. The third-order valence-electron chi connectivity index (χ3n) is 3.55. The summed E-state index contributed by atoms with van der Waals surface area (Å²) < 4.78 is 15.9. The van der Waals surface area contributed by atoms with Crippen LogP contribution in [0.25, 0.3) is 11.0 Å². The van der Waals surface area contributed by atoms with Gasteiger partial charge >= 0.3 is 12.0 Å². The second-order valence-corrected chi connectivity index (χ2v) is 7.08. The third-order valence-corrected chi connectivity index (χ3v) is 3.55. The maximum atomic E-state index is 12.5. The van der Waals surface area contributed by atoms with E-state index in [4.69, 9.17) is 13.9 Å². The number of nitrogens with one attached hydrogen (secondary N) is 2. The van der Waals surface area contributed by atoms with Gasteiger partial charge in [-0.05, 0) is 33.8 Å². The first-order chi connectivity index (χ1) is 12.6. The van der Waals surface area contributed by atoms with Gasteiger partial charge in [-0.3, -0.25) is 10.1 Å². The molecule has 0 aliphatic rings. The lowest BCUT2D eigenvalue weighted by Gasteiger charge is -2.21. The average molecular weight is 376 g/mol. The topological polar surface area (TPSA) is 107 Å². The van der Waals surface area contributed by atoms with Gasteiger partial charge in [-0.2, -0.15) is 0 Å². The molecule has 0 spiro atoms. The van der Waals surface area contributed by atoms with Gasteiger partial charge in [0.15, 0.2) is 6.10 Å². The fraction of sp³-hybridized carbons (Fsp3) is 0.421. The zero-order valence-corrected chi connectivity index (χ0v) is 16.0. The van der Waals surface area contributed by atoms with Crippen molar-refractivity contribution in [1.82, 2.24) is 10.6 Å². The van der Waals surface area contributed by atoms with Gasteiger partial charge in [0, 0.05) is 23.6 Å². The lowest BCUT2D eigenvalue weighted by Crippen LogP contribution is -2.50. The zero-order chi connectivity index (χ0) is 20.2. The van der Waals surface area contributed by atoms with E-state index in [1.165, 1.54) is 14.0 Å². The molecular formula is C19H24N2O6. The van der Waals surface area contributed by atoms with Gasteiger partial charge < -0.3 is 19.2 Å². The minimum absolute atomic E-state index is 0.0307. The summed E-state index contributed by atoms with van der Waals surface area (Å²) in [5, 5.41) is 5.45. The second-order valence-electron chi connectivity index (χ2n) is 7.08. The number of carbonyl (C=O) groups is 3. The van der Waals surface area contributed by atoms with E-state index < -0.39 is 29.6 Å². The minimum atomic E-state index is -1.19. The van der Waals surface area contributed by atoms with E-state index in [-0.39, 0.29) is 12.4 Å². The Bertz CT molecular complexity index is 849. The van der Waals surface area contributed by atoms with E-state index in [0.717, 1.165) is 5.39 Å². The van der Waals surface area contributed by atoms with Crippen LogP contribution in [0.3, 0.4) is 0 Å². The summed E-state index contributed by atoms with van der Waals surface area (Å²) in [6.07, 6.45) is -1.19. The number of benzene rings is 1. The molecule has 27 heavy (non-hydrogen) atoms. The number of amides is 3. The molecule has 2 aromatic rings. The molecule has 2 rings (SSSR count). The molecule has 1 unspecified atom stereocenters. The Morgan fingerprint density at radius 3 is 2.48 bits per heavy atom. The number of fused-ring (bicyclic) bond motifs is 1. The summed E-state index contributed by atoms with van der Waals surface area (Å²) >= 11 is 0. The number of hydrogen-bond donors (Lipinski definition) is 2. The van der Waals surface area contributed by atoms with Crippen molar-refractivity contribution in [3.8, 4) is 0 Å². The first kappa shape index (κ1) is 20.4. The molecule has 0 radical (unpaired) electrons. The monoisotopic (exact) mass is 376 g/mol. The van der Waals surface area contributed by atoms with Gasteiger partial charge in [-0.15, -0.1) is 0 Å². The van der Waals surface area contributed by atoms with Gasteiger partial charge in [0.05, 0.1) is 6.61 Å². The van der Waals surface area contributed by atoms with Crippen molar-refractivity contribution in [1.29, 1.82) is 0 Å². The number of methoxy groups -OCH3 is 1. The van der Waals surface area contributed by atoms with E-state index in [0.29, 0.717) is 11.1 Å². The number of carbonyl (C=O) groups excluding carboxylic acids is 3. The minimum Gasteiger partial charge on any atom is -0.449 e. The molecule has 0 saturated heterocycles. The molecule has 2 N–H and O–H groups in total. The number of hydrogen-bond acceptors (Lipinski definition) is 6. The molecule has 0 bridgehead atoms. The molecule has 146 valence electrons. The number of imide groups is 1. The number of para-hydroxylation sites is 1. The van der Waals surface area contributed by atoms with Crippen LogP contribution < -0.4 is 10.6 Å². The van der Waals surface area contributed by atoms with E-state index >= 15 is 0 Å². The summed E-state index contributed by atoms with van der Waals surface area (Å²) in [4.78, 5) is 36.3. The third kappa shape index (κ3) is 5.30. The van der Waals surface area contributed by atoms with Crippen LogP contribution in [0.15, 0.2) is 28.7 Å². The van der Waals surface area contributed by atoms with Gasteiger partial charge in [0.2, 0.25) is 5.76 Å². The Balaban J connectivity index is 2.10. The fourth-order valence-corrected chi connectivity index (χ4v) is 2.40. The quantitative estimate of drug-likeness (QED) is 0.777. The molecule has 1 aromatic carbocycles. The first-order valence-electron chi connectivity index (χ1n) is 8.45. The van der Waals surface area contributed by atoms with Crippen molar-refractivity contribution < 1.29 is 28.3 Å². The largest absolute Gasteiger partial charge is 0.449 e. The Kier molecular flexibility index (Phi) is 6.22. The Morgan fingerprint density at radius 1 is 1.19 bits per heavy atom. The van der Waals surface area contributed by atoms with Crippen molar-refractivity contribution in [2.75, 3.05) is 7.11 Å². The molecule has 1 heterocycles. The van der Waals surface area contributed by atoms with Gasteiger partial charge in [-0.25, -0.2) is 9.59 Å². The van der Waals surface area contributed by atoms with Crippen LogP contribution in [0.1, 0.15) is 43.8 Å². The summed E-state index contributed by atoms with van der Waals surface area (Å²) in [5.41, 5.74) is 0.544. The number of furan rings is 1. The van der Waals surface area contributed by atoms with Crippen LogP contribution in [0.4, 0.5) is 4.79 Å². The van der Waals surface area contributed by atoms with Crippen molar-refractivity contribution >= 4 is 28.9 Å². The van der Waals surface area contributed by atoms with Crippen LogP contribution in [-0.2, 0) is 20.9 Å². The van der Waals surface area contributed by atoms with Crippen LogP contribution in [-0.4, -0.2) is 36.7 Å². The Hall–Kier alpha value is -2.87. The van der Waals surface area contributed by atoms with Gasteiger partial charge in [-0.1, -0.05) is 18.2 Å². The fourth-order valence-electron chi connectivity index (χ4n) is 2.40. The Morgan fingerprint density at radius 2 is 1.85 bits per heavy atom. The van der Waals surface area contributed by atoms with Crippen LogP contribution in [0.2, 0.25) is 0 Å². The number of urea groups is 1. The maximum absolute atomic E-state index is 12.5. The molecule has 0 saturated carbocycles. The van der Waals surface area contributed by atoms with Crippen LogP contribution in [0, 0.1) is 0 Å². The Labute approximate surface area is 157 Å². The highest BCUT2D eigenvalue weighted by atomic mass is 16.6. The summed E-state index contributed by atoms with van der Waals surface area (Å²) in [6, 6.07) is 6.45. The maximum Gasteiger partial charge on any atom is 0.375 e. The van der Waals surface area contributed by atoms with Crippen molar-refractivity contribution in [3.63, 3.8) is 0 Å². The molecular weight excluding hydrogens is 352 g/mol. The number of esters is 1. The van der Waals surface area contributed by atoms with Crippen LogP contribution in [0.5, 0.6) is 0 Å². The smallest absolute Gasteiger partial charge is 0.375 e. The summed E-state index contributed by atoms with van der Waals surface area (Å²) in [6.45, 7) is 6.85. The van der Waals surface area contributed by atoms with Crippen LogP contribution >= 0.6 is 0 Å². The van der Waals surface area contributed by atoms with E-state index in [9.17, 15) is 14.4 Å². The normalized spacial score (nSPS) is 12.5. The van der Waals surface area contributed by atoms with Gasteiger partial charge in [0.25, 0.3) is 5.91 Å². The van der Waals surface area contributed by atoms with E-state index in [2.05, 4.69) is 10.6 Å². The number of rotatable bonds is 5. The molecule has 0 fully saturated rings. The van der Waals surface area contributed by atoms with Crippen molar-refractivity contribution in [3.05, 3.63) is 35.6 Å². The summed E-state index contributed by atoms with van der Waals surface area (Å²) in [7, 11) is 1.50. The van der Waals surface area contributed by atoms with Gasteiger partial charge in [0.1, 0.15) is 5.58 Å². The average Bonchev–Trinajstić information content (AvgIpc) is 2.92. The summed E-state index contributed by atoms with van der Waals surface area (Å²) in [5.74, 6) is -1.58. The second kappa shape index (κ2) is 8.22. The predicted molar refractivity (Wildman–Crippen MR) is 98.2 cm³/mol. The lowest BCUT2D eigenvalue weighted by molar-refractivity contribution is -0.128. The predicted octanol–water partition coefficient (Wildman–Crippen LogP) is 2.75. The first-order valence-corrected chi connectivity index (χ1v) is 8.45. The van der Waals surface area contributed by atoms with Crippen molar-refractivity contribution in [2.24, 2.45) is 0 Å².